The summed E-state index contributed by atoms with van der Waals surface area (Å²) in [7, 11) is 0. The second kappa shape index (κ2) is 13.2. The van der Waals surface area contributed by atoms with Gasteiger partial charge in [0.2, 0.25) is 0 Å². The van der Waals surface area contributed by atoms with Crippen LogP contribution in [0.5, 0.6) is 11.5 Å². The van der Waals surface area contributed by atoms with Gasteiger partial charge in [-0.05, 0) is 57.2 Å². The standard InChI is InChI=1S/C23H38N4O2.HI/c1-3-24-23(25-17-18-10-11-21(28)22(16-18)29-4-2)26-19-12-14-27(15-13-19)20-8-6-5-7-9-20;/h10-11,16,19-20,28H,3-9,12-15,17H2,1-2H3,(H2,24,25,26);1H. The molecule has 1 aromatic carbocycles. The highest BCUT2D eigenvalue weighted by molar-refractivity contribution is 14.0. The first kappa shape index (κ1) is 25.0. The van der Waals surface area contributed by atoms with Gasteiger partial charge < -0.3 is 25.4 Å². The number of nitrogens with one attached hydrogen (secondary N) is 2. The minimum absolute atomic E-state index is 0. The van der Waals surface area contributed by atoms with Crippen LogP contribution in [-0.2, 0) is 6.54 Å². The van der Waals surface area contributed by atoms with Crippen molar-refractivity contribution in [2.45, 2.75) is 77.4 Å². The number of guanidine groups is 1. The molecule has 0 amide bonds. The van der Waals surface area contributed by atoms with Gasteiger partial charge in [-0.3, -0.25) is 0 Å². The van der Waals surface area contributed by atoms with Gasteiger partial charge in [-0.2, -0.15) is 0 Å². The molecule has 30 heavy (non-hydrogen) atoms. The van der Waals surface area contributed by atoms with Gasteiger partial charge in [0.25, 0.3) is 0 Å². The molecule has 0 bridgehead atoms. The fraction of sp³-hybridized carbons (Fsp3) is 0.696. The molecule has 1 heterocycles. The average Bonchev–Trinajstić information content (AvgIpc) is 2.75. The summed E-state index contributed by atoms with van der Waals surface area (Å²) in [6.45, 7) is 8.32. The number of nitrogens with zero attached hydrogens (tertiary/aromatic N) is 2. The Morgan fingerprint density at radius 2 is 1.87 bits per heavy atom. The molecule has 1 aliphatic carbocycles. The van der Waals surface area contributed by atoms with Gasteiger partial charge in [0, 0.05) is 31.7 Å². The van der Waals surface area contributed by atoms with E-state index in [4.69, 9.17) is 9.73 Å². The van der Waals surface area contributed by atoms with E-state index in [1.54, 1.807) is 6.07 Å². The molecule has 1 saturated carbocycles. The lowest BCUT2D eigenvalue weighted by atomic mass is 9.92. The average molecular weight is 530 g/mol. The van der Waals surface area contributed by atoms with Crippen LogP contribution in [0.15, 0.2) is 23.2 Å². The van der Waals surface area contributed by atoms with E-state index in [1.165, 1.54) is 58.0 Å². The smallest absolute Gasteiger partial charge is 0.191 e. The number of ether oxygens (including phenoxy) is 1. The van der Waals surface area contributed by atoms with Crippen molar-refractivity contribution in [3.05, 3.63) is 23.8 Å². The van der Waals surface area contributed by atoms with Crippen molar-refractivity contribution in [1.82, 2.24) is 15.5 Å². The van der Waals surface area contributed by atoms with Crippen molar-refractivity contribution in [1.29, 1.82) is 0 Å². The Morgan fingerprint density at radius 1 is 1.13 bits per heavy atom. The highest BCUT2D eigenvalue weighted by atomic mass is 127. The van der Waals surface area contributed by atoms with Crippen LogP contribution in [0.1, 0.15) is 64.4 Å². The van der Waals surface area contributed by atoms with Crippen molar-refractivity contribution < 1.29 is 9.84 Å². The van der Waals surface area contributed by atoms with Crippen molar-refractivity contribution in [2.75, 3.05) is 26.2 Å². The van der Waals surface area contributed by atoms with Gasteiger partial charge in [-0.15, -0.1) is 24.0 Å². The van der Waals surface area contributed by atoms with Crippen LogP contribution in [0.2, 0.25) is 0 Å². The normalized spacial score (nSPS) is 19.2. The number of aromatic hydroxyl groups is 1. The van der Waals surface area contributed by atoms with Gasteiger partial charge in [0.1, 0.15) is 0 Å². The van der Waals surface area contributed by atoms with Crippen molar-refractivity contribution in [3.63, 3.8) is 0 Å². The summed E-state index contributed by atoms with van der Waals surface area (Å²) in [6.07, 6.45) is 9.36. The third-order valence-corrected chi connectivity index (χ3v) is 6.05. The number of benzene rings is 1. The fourth-order valence-electron chi connectivity index (χ4n) is 4.47. The number of rotatable bonds is 7. The molecule has 1 aliphatic heterocycles. The topological polar surface area (TPSA) is 69.1 Å². The molecule has 3 N–H and O–H groups in total. The van der Waals surface area contributed by atoms with E-state index in [-0.39, 0.29) is 29.7 Å². The summed E-state index contributed by atoms with van der Waals surface area (Å²) < 4.78 is 5.48. The Bertz CT molecular complexity index is 657. The molecule has 2 fully saturated rings. The molecular weight excluding hydrogens is 491 g/mol. The summed E-state index contributed by atoms with van der Waals surface area (Å²) >= 11 is 0. The lowest BCUT2D eigenvalue weighted by Gasteiger charge is -2.39. The Hall–Kier alpha value is -1.22. The van der Waals surface area contributed by atoms with Crippen LogP contribution in [0.4, 0.5) is 0 Å². The van der Waals surface area contributed by atoms with Crippen LogP contribution < -0.4 is 15.4 Å². The number of halogens is 1. The van der Waals surface area contributed by atoms with Crippen LogP contribution in [0, 0.1) is 0 Å². The Kier molecular flexibility index (Phi) is 11.1. The SMILES string of the molecule is CCNC(=NCc1ccc(O)c(OCC)c1)NC1CCN(C2CCCCC2)CC1.I. The van der Waals surface area contributed by atoms with E-state index < -0.39 is 0 Å². The minimum Gasteiger partial charge on any atom is -0.504 e. The number of hydrogen-bond donors (Lipinski definition) is 3. The summed E-state index contributed by atoms with van der Waals surface area (Å²) in [6, 6.07) is 6.74. The summed E-state index contributed by atoms with van der Waals surface area (Å²) in [5.74, 6) is 1.57. The first-order valence-electron chi connectivity index (χ1n) is 11.4. The second-order valence-electron chi connectivity index (χ2n) is 8.18. The molecule has 0 atom stereocenters. The lowest BCUT2D eigenvalue weighted by molar-refractivity contribution is 0.119. The van der Waals surface area contributed by atoms with Gasteiger partial charge in [0.05, 0.1) is 13.2 Å². The molecule has 3 rings (SSSR count). The zero-order valence-corrected chi connectivity index (χ0v) is 20.9. The molecule has 1 aromatic rings. The molecule has 0 spiro atoms. The van der Waals surface area contributed by atoms with E-state index >= 15 is 0 Å². The van der Waals surface area contributed by atoms with Gasteiger partial charge in [-0.25, -0.2) is 4.99 Å². The van der Waals surface area contributed by atoms with Crippen LogP contribution >= 0.6 is 24.0 Å². The van der Waals surface area contributed by atoms with E-state index in [1.807, 2.05) is 19.1 Å². The Balaban J connectivity index is 0.00000320. The third-order valence-electron chi connectivity index (χ3n) is 6.05. The second-order valence-corrected chi connectivity index (χ2v) is 8.18. The Labute approximate surface area is 198 Å². The number of aliphatic imine (C=N–C) groups is 1. The molecule has 170 valence electrons. The van der Waals surface area contributed by atoms with Crippen molar-refractivity contribution in [3.8, 4) is 11.5 Å². The van der Waals surface area contributed by atoms with Crippen LogP contribution in [-0.4, -0.2) is 54.3 Å². The summed E-state index contributed by atoms with van der Waals surface area (Å²) in [5.41, 5.74) is 1.02. The molecule has 6 nitrogen and oxygen atoms in total. The highest BCUT2D eigenvalue weighted by Crippen LogP contribution is 2.27. The first-order chi connectivity index (χ1) is 14.2. The van der Waals surface area contributed by atoms with E-state index in [0.29, 0.717) is 24.9 Å². The predicted octanol–water partition coefficient (Wildman–Crippen LogP) is 4.26. The van der Waals surface area contributed by atoms with Gasteiger partial charge in [-0.1, -0.05) is 25.3 Å². The number of phenols is 1. The van der Waals surface area contributed by atoms with Gasteiger partial charge >= 0.3 is 0 Å². The Morgan fingerprint density at radius 3 is 2.53 bits per heavy atom. The fourth-order valence-corrected chi connectivity index (χ4v) is 4.47. The molecule has 0 aromatic heterocycles. The van der Waals surface area contributed by atoms with E-state index in [9.17, 15) is 5.11 Å². The summed E-state index contributed by atoms with van der Waals surface area (Å²) in [5, 5.41) is 16.9. The third kappa shape index (κ3) is 7.48. The zero-order chi connectivity index (χ0) is 20.5. The summed E-state index contributed by atoms with van der Waals surface area (Å²) in [4.78, 5) is 7.48. The molecule has 0 radical (unpaired) electrons. The zero-order valence-electron chi connectivity index (χ0n) is 18.5. The number of likely N-dealkylation sites (tertiary alicyclic amines) is 1. The maximum Gasteiger partial charge on any atom is 0.191 e. The largest absolute Gasteiger partial charge is 0.504 e. The quantitative estimate of drug-likeness (QED) is 0.279. The molecule has 7 heteroatoms. The van der Waals surface area contributed by atoms with Crippen LogP contribution in [0.25, 0.3) is 0 Å². The lowest BCUT2D eigenvalue weighted by Crippen LogP contribution is -2.50. The number of hydrogen-bond acceptors (Lipinski definition) is 4. The first-order valence-corrected chi connectivity index (χ1v) is 11.4. The molecular formula is C23H39IN4O2. The van der Waals surface area contributed by atoms with Crippen LogP contribution in [0.3, 0.4) is 0 Å². The minimum atomic E-state index is 0. The highest BCUT2D eigenvalue weighted by Gasteiger charge is 2.26. The molecule has 0 unspecified atom stereocenters. The number of piperidine rings is 1. The van der Waals surface area contributed by atoms with Crippen molar-refractivity contribution in [2.24, 2.45) is 4.99 Å². The van der Waals surface area contributed by atoms with Gasteiger partial charge in [0.15, 0.2) is 17.5 Å². The monoisotopic (exact) mass is 530 g/mol. The van der Waals surface area contributed by atoms with Crippen molar-refractivity contribution >= 4 is 29.9 Å². The van der Waals surface area contributed by atoms with E-state index in [2.05, 4.69) is 22.5 Å². The molecule has 1 saturated heterocycles. The predicted molar refractivity (Wildman–Crippen MR) is 134 cm³/mol. The molecule has 2 aliphatic rings. The van der Waals surface area contributed by atoms with E-state index in [0.717, 1.165) is 24.1 Å². The number of phenolic OH excluding ortho intramolecular Hbond substituents is 1. The maximum atomic E-state index is 9.87. The maximum absolute atomic E-state index is 9.87.